The summed E-state index contributed by atoms with van der Waals surface area (Å²) in [6.45, 7) is 11.0. The van der Waals surface area contributed by atoms with Gasteiger partial charge in [0.25, 0.3) is 0 Å². The molecule has 1 N–H and O–H groups in total. The third kappa shape index (κ3) is 3.98. The average Bonchev–Trinajstić information content (AvgIpc) is 2.53. The molecular formula is C18H36N2. The molecule has 2 rings (SSSR count). The third-order valence-corrected chi connectivity index (χ3v) is 6.06. The van der Waals surface area contributed by atoms with E-state index in [1.54, 1.807) is 0 Å². The second-order valence-corrected chi connectivity index (χ2v) is 7.39. The third-order valence-electron chi connectivity index (χ3n) is 6.06. The first-order valence-corrected chi connectivity index (χ1v) is 9.16. The van der Waals surface area contributed by atoms with Gasteiger partial charge in [-0.15, -0.1) is 0 Å². The standard InChI is InChI=1S/C18H36N2/c1-4-16(2)17(3)19-15-18(11-7-5-8-12-18)20-13-9-6-10-14-20/h16-17,19H,4-15H2,1-3H3. The van der Waals surface area contributed by atoms with Crippen LogP contribution in [-0.2, 0) is 0 Å². The molecule has 0 spiro atoms. The Morgan fingerprint density at radius 2 is 1.55 bits per heavy atom. The van der Waals surface area contributed by atoms with Crippen LogP contribution in [-0.4, -0.2) is 36.1 Å². The van der Waals surface area contributed by atoms with E-state index in [2.05, 4.69) is 31.0 Å². The molecule has 1 heterocycles. The quantitative estimate of drug-likeness (QED) is 0.784. The highest BCUT2D eigenvalue weighted by Crippen LogP contribution is 2.35. The number of likely N-dealkylation sites (tertiary alicyclic amines) is 1. The van der Waals surface area contributed by atoms with Gasteiger partial charge in [-0.25, -0.2) is 0 Å². The van der Waals surface area contributed by atoms with Crippen LogP contribution in [0.15, 0.2) is 0 Å². The molecule has 1 aliphatic heterocycles. The van der Waals surface area contributed by atoms with E-state index < -0.39 is 0 Å². The van der Waals surface area contributed by atoms with Crippen LogP contribution in [0.2, 0.25) is 0 Å². The Kier molecular flexibility index (Phi) is 6.35. The van der Waals surface area contributed by atoms with Crippen LogP contribution >= 0.6 is 0 Å². The zero-order valence-corrected chi connectivity index (χ0v) is 14.1. The van der Waals surface area contributed by atoms with Crippen LogP contribution < -0.4 is 5.32 Å². The van der Waals surface area contributed by atoms with Crippen LogP contribution in [0.25, 0.3) is 0 Å². The molecule has 2 unspecified atom stereocenters. The predicted molar refractivity (Wildman–Crippen MR) is 88.2 cm³/mol. The molecule has 118 valence electrons. The zero-order chi connectivity index (χ0) is 14.4. The Labute approximate surface area is 126 Å². The number of hydrogen-bond donors (Lipinski definition) is 1. The minimum Gasteiger partial charge on any atom is -0.312 e. The van der Waals surface area contributed by atoms with Gasteiger partial charge in [-0.2, -0.15) is 0 Å². The van der Waals surface area contributed by atoms with E-state index in [0.29, 0.717) is 11.6 Å². The smallest absolute Gasteiger partial charge is 0.0334 e. The van der Waals surface area contributed by atoms with Crippen molar-refractivity contribution in [3.8, 4) is 0 Å². The van der Waals surface area contributed by atoms with Crippen molar-refractivity contribution in [1.29, 1.82) is 0 Å². The molecule has 20 heavy (non-hydrogen) atoms. The molecule has 0 radical (unpaired) electrons. The number of hydrogen-bond acceptors (Lipinski definition) is 2. The van der Waals surface area contributed by atoms with Gasteiger partial charge in [-0.1, -0.05) is 46.0 Å². The molecule has 1 saturated heterocycles. The van der Waals surface area contributed by atoms with Gasteiger partial charge < -0.3 is 5.32 Å². The summed E-state index contributed by atoms with van der Waals surface area (Å²) in [7, 11) is 0. The van der Waals surface area contributed by atoms with E-state index in [4.69, 9.17) is 0 Å². The molecule has 2 aliphatic rings. The van der Waals surface area contributed by atoms with Gasteiger partial charge in [0.05, 0.1) is 0 Å². The molecule has 2 atom stereocenters. The Hall–Kier alpha value is -0.0800. The molecule has 0 aromatic carbocycles. The Morgan fingerprint density at radius 3 is 2.15 bits per heavy atom. The Bertz CT molecular complexity index is 265. The summed E-state index contributed by atoms with van der Waals surface area (Å²) < 4.78 is 0. The topological polar surface area (TPSA) is 15.3 Å². The summed E-state index contributed by atoms with van der Waals surface area (Å²) in [5.41, 5.74) is 0.486. The molecule has 1 saturated carbocycles. The summed E-state index contributed by atoms with van der Waals surface area (Å²) in [4.78, 5) is 2.85. The minimum absolute atomic E-state index is 0.486. The van der Waals surface area contributed by atoms with Gasteiger partial charge in [-0.3, -0.25) is 4.90 Å². The van der Waals surface area contributed by atoms with E-state index in [-0.39, 0.29) is 0 Å². The number of piperidine rings is 1. The van der Waals surface area contributed by atoms with Crippen molar-refractivity contribution in [2.24, 2.45) is 5.92 Å². The number of nitrogens with one attached hydrogen (secondary N) is 1. The normalized spacial score (nSPS) is 27.1. The van der Waals surface area contributed by atoms with Gasteiger partial charge in [0, 0.05) is 18.1 Å². The lowest BCUT2D eigenvalue weighted by molar-refractivity contribution is 0.0304. The van der Waals surface area contributed by atoms with Crippen molar-refractivity contribution in [1.82, 2.24) is 10.2 Å². The van der Waals surface area contributed by atoms with E-state index in [9.17, 15) is 0 Å². The van der Waals surface area contributed by atoms with Crippen LogP contribution in [0.3, 0.4) is 0 Å². The maximum Gasteiger partial charge on any atom is 0.0334 e. The van der Waals surface area contributed by atoms with Crippen LogP contribution in [0, 0.1) is 5.92 Å². The Balaban J connectivity index is 1.95. The first-order chi connectivity index (χ1) is 9.68. The molecular weight excluding hydrogens is 244 g/mol. The van der Waals surface area contributed by atoms with Crippen LogP contribution in [0.4, 0.5) is 0 Å². The lowest BCUT2D eigenvalue weighted by atomic mass is 9.78. The lowest BCUT2D eigenvalue weighted by Gasteiger charge is -2.49. The predicted octanol–water partition coefficient (Wildman–Crippen LogP) is 4.20. The second-order valence-electron chi connectivity index (χ2n) is 7.39. The SMILES string of the molecule is CCC(C)C(C)NCC1(N2CCCCC2)CCCCC1. The molecule has 2 nitrogen and oxygen atoms in total. The molecule has 0 aromatic heterocycles. The highest BCUT2D eigenvalue weighted by Gasteiger charge is 2.38. The highest BCUT2D eigenvalue weighted by molar-refractivity contribution is 4.96. The maximum atomic E-state index is 3.90. The van der Waals surface area contributed by atoms with Crippen molar-refractivity contribution in [2.75, 3.05) is 19.6 Å². The van der Waals surface area contributed by atoms with Crippen molar-refractivity contribution < 1.29 is 0 Å². The maximum absolute atomic E-state index is 3.90. The molecule has 2 heteroatoms. The van der Waals surface area contributed by atoms with E-state index in [1.165, 1.54) is 77.4 Å². The molecule has 0 amide bonds. The first-order valence-electron chi connectivity index (χ1n) is 9.16. The largest absolute Gasteiger partial charge is 0.312 e. The second kappa shape index (κ2) is 7.79. The van der Waals surface area contributed by atoms with Crippen LogP contribution in [0.1, 0.15) is 78.6 Å². The summed E-state index contributed by atoms with van der Waals surface area (Å²) in [6, 6.07) is 0.656. The van der Waals surface area contributed by atoms with Crippen LogP contribution in [0.5, 0.6) is 0 Å². The van der Waals surface area contributed by atoms with Gasteiger partial charge in [0.15, 0.2) is 0 Å². The van der Waals surface area contributed by atoms with E-state index in [1.807, 2.05) is 0 Å². The summed E-state index contributed by atoms with van der Waals surface area (Å²) in [5, 5.41) is 3.90. The van der Waals surface area contributed by atoms with Gasteiger partial charge in [0.1, 0.15) is 0 Å². The first kappa shape index (κ1) is 16.3. The van der Waals surface area contributed by atoms with E-state index >= 15 is 0 Å². The van der Waals surface area contributed by atoms with E-state index in [0.717, 1.165) is 5.92 Å². The molecule has 0 bridgehead atoms. The molecule has 1 aliphatic carbocycles. The van der Waals surface area contributed by atoms with Crippen molar-refractivity contribution in [3.05, 3.63) is 0 Å². The van der Waals surface area contributed by atoms with Crippen molar-refractivity contribution >= 4 is 0 Å². The molecule has 2 fully saturated rings. The van der Waals surface area contributed by atoms with Gasteiger partial charge in [0.2, 0.25) is 0 Å². The lowest BCUT2D eigenvalue weighted by Crippen LogP contribution is -2.58. The summed E-state index contributed by atoms with van der Waals surface area (Å²) in [6.07, 6.45) is 12.8. The number of nitrogens with zero attached hydrogens (tertiary/aromatic N) is 1. The monoisotopic (exact) mass is 280 g/mol. The molecule has 0 aromatic rings. The summed E-state index contributed by atoms with van der Waals surface area (Å²) >= 11 is 0. The Morgan fingerprint density at radius 1 is 0.950 bits per heavy atom. The highest BCUT2D eigenvalue weighted by atomic mass is 15.2. The van der Waals surface area contributed by atoms with Gasteiger partial charge in [-0.05, 0) is 51.6 Å². The zero-order valence-electron chi connectivity index (χ0n) is 14.1. The van der Waals surface area contributed by atoms with Gasteiger partial charge >= 0.3 is 0 Å². The fraction of sp³-hybridized carbons (Fsp3) is 1.00. The fourth-order valence-corrected chi connectivity index (χ4v) is 4.09. The average molecular weight is 280 g/mol. The van der Waals surface area contributed by atoms with Crippen molar-refractivity contribution in [3.63, 3.8) is 0 Å². The van der Waals surface area contributed by atoms with Crippen molar-refractivity contribution in [2.45, 2.75) is 90.1 Å². The summed E-state index contributed by atoms with van der Waals surface area (Å²) in [5.74, 6) is 0.789. The minimum atomic E-state index is 0.486. The fourth-order valence-electron chi connectivity index (χ4n) is 4.09. The number of rotatable bonds is 6.